The normalized spacial score (nSPS) is 11.2. The lowest BCUT2D eigenvalue weighted by atomic mass is 10.0. The second-order valence-corrected chi connectivity index (χ2v) is 6.52. The molecule has 30 heavy (non-hydrogen) atoms. The number of aromatic nitrogens is 2. The topological polar surface area (TPSA) is 77.1 Å². The molecule has 0 unspecified atom stereocenters. The molecular formula is C23H20FN3O3. The van der Waals surface area contributed by atoms with Gasteiger partial charge in [-0.25, -0.2) is 13.9 Å². The molecule has 0 amide bonds. The highest BCUT2D eigenvalue weighted by Crippen LogP contribution is 2.26. The number of nitrogens with zero attached hydrogens (tertiary/aromatic N) is 3. The van der Waals surface area contributed by atoms with Gasteiger partial charge in [-0.3, -0.25) is 0 Å². The Balaban J connectivity index is 2.04. The molecule has 152 valence electrons. The minimum Gasteiger partial charge on any atom is -0.459 e. The van der Waals surface area contributed by atoms with Crippen LogP contribution in [0.3, 0.4) is 0 Å². The minimum absolute atomic E-state index is 0.0496. The number of methoxy groups -OCH3 is 1. The van der Waals surface area contributed by atoms with Crippen molar-refractivity contribution >= 4 is 12.0 Å². The molecule has 1 heterocycles. The Morgan fingerprint density at radius 3 is 2.50 bits per heavy atom. The third-order valence-electron chi connectivity index (χ3n) is 4.32. The van der Waals surface area contributed by atoms with Gasteiger partial charge in [0.1, 0.15) is 24.1 Å². The Morgan fingerprint density at radius 1 is 1.17 bits per heavy atom. The Morgan fingerprint density at radius 2 is 1.87 bits per heavy atom. The first-order valence-electron chi connectivity index (χ1n) is 9.22. The molecule has 0 aliphatic rings. The van der Waals surface area contributed by atoms with E-state index in [2.05, 4.69) is 5.10 Å². The lowest BCUT2D eigenvalue weighted by Gasteiger charge is -2.03. The lowest BCUT2D eigenvalue weighted by Crippen LogP contribution is -2.11. The van der Waals surface area contributed by atoms with Crippen LogP contribution in [0.2, 0.25) is 0 Å². The highest BCUT2D eigenvalue weighted by atomic mass is 19.1. The van der Waals surface area contributed by atoms with Gasteiger partial charge in [0, 0.05) is 24.4 Å². The van der Waals surface area contributed by atoms with Gasteiger partial charge in [-0.1, -0.05) is 29.8 Å². The average Bonchev–Trinajstić information content (AvgIpc) is 3.17. The van der Waals surface area contributed by atoms with Gasteiger partial charge in [-0.05, 0) is 37.3 Å². The maximum atomic E-state index is 13.3. The fourth-order valence-electron chi connectivity index (χ4n) is 2.74. The fourth-order valence-corrected chi connectivity index (χ4v) is 2.74. The Bertz CT molecular complexity index is 1090. The lowest BCUT2D eigenvalue weighted by molar-refractivity contribution is -0.139. The van der Waals surface area contributed by atoms with E-state index in [1.807, 2.05) is 37.3 Å². The first kappa shape index (κ1) is 21.0. The van der Waals surface area contributed by atoms with Gasteiger partial charge in [0.05, 0.1) is 18.0 Å². The van der Waals surface area contributed by atoms with Gasteiger partial charge in [-0.15, -0.1) is 0 Å². The molecule has 3 aromatic rings. The van der Waals surface area contributed by atoms with Gasteiger partial charge < -0.3 is 9.47 Å². The standard InChI is InChI=1S/C23H20FN3O3/c1-16-3-5-17(6-4-16)22-19(13-18(14-25)23(28)30-12-11-29-2)15-27(26-22)21-9-7-20(24)8-10-21/h3-10,13,15H,11-12H2,1-2H3/b18-13+. The maximum Gasteiger partial charge on any atom is 0.348 e. The van der Waals surface area contributed by atoms with Crippen molar-refractivity contribution in [3.05, 3.63) is 77.2 Å². The van der Waals surface area contributed by atoms with Crippen LogP contribution in [0.25, 0.3) is 23.0 Å². The van der Waals surface area contributed by atoms with E-state index in [9.17, 15) is 14.4 Å². The summed E-state index contributed by atoms with van der Waals surface area (Å²) in [7, 11) is 1.49. The van der Waals surface area contributed by atoms with Gasteiger partial charge >= 0.3 is 5.97 Å². The zero-order valence-corrected chi connectivity index (χ0v) is 16.6. The van der Waals surface area contributed by atoms with Crippen molar-refractivity contribution in [2.75, 3.05) is 20.3 Å². The molecule has 0 spiro atoms. The zero-order valence-electron chi connectivity index (χ0n) is 16.6. The maximum absolute atomic E-state index is 13.3. The zero-order chi connectivity index (χ0) is 21.5. The number of aryl methyl sites for hydroxylation is 1. The number of rotatable bonds is 7. The van der Waals surface area contributed by atoms with Crippen molar-refractivity contribution in [1.82, 2.24) is 9.78 Å². The Kier molecular flexibility index (Phi) is 6.73. The monoisotopic (exact) mass is 405 g/mol. The number of halogens is 1. The molecule has 0 saturated heterocycles. The van der Waals surface area contributed by atoms with E-state index in [0.29, 0.717) is 16.9 Å². The van der Waals surface area contributed by atoms with Crippen molar-refractivity contribution in [3.63, 3.8) is 0 Å². The number of hydrogen-bond donors (Lipinski definition) is 0. The Labute approximate surface area is 173 Å². The fraction of sp³-hybridized carbons (Fsp3) is 0.174. The van der Waals surface area contributed by atoms with Gasteiger partial charge in [0.25, 0.3) is 0 Å². The minimum atomic E-state index is -0.737. The summed E-state index contributed by atoms with van der Waals surface area (Å²) in [5.41, 5.74) is 3.54. The highest BCUT2D eigenvalue weighted by Gasteiger charge is 2.16. The van der Waals surface area contributed by atoms with Crippen molar-refractivity contribution in [1.29, 1.82) is 5.26 Å². The summed E-state index contributed by atoms with van der Waals surface area (Å²) >= 11 is 0. The van der Waals surface area contributed by atoms with Crippen LogP contribution >= 0.6 is 0 Å². The van der Waals surface area contributed by atoms with E-state index >= 15 is 0 Å². The van der Waals surface area contributed by atoms with Crippen LogP contribution in [0.1, 0.15) is 11.1 Å². The number of benzene rings is 2. The summed E-state index contributed by atoms with van der Waals surface area (Å²) in [5.74, 6) is -1.09. The summed E-state index contributed by atoms with van der Waals surface area (Å²) in [6.45, 7) is 2.26. The molecule has 0 radical (unpaired) electrons. The summed E-state index contributed by atoms with van der Waals surface area (Å²) < 4.78 is 24.8. The SMILES string of the molecule is COCCOC(=O)/C(C#N)=C/c1cn(-c2ccc(F)cc2)nc1-c1ccc(C)cc1. The predicted molar refractivity (Wildman–Crippen MR) is 110 cm³/mol. The van der Waals surface area contributed by atoms with Crippen LogP contribution in [-0.2, 0) is 14.3 Å². The molecule has 2 aromatic carbocycles. The molecular weight excluding hydrogens is 385 g/mol. The molecule has 0 atom stereocenters. The summed E-state index contributed by atoms with van der Waals surface area (Å²) in [6.07, 6.45) is 3.12. The second-order valence-electron chi connectivity index (χ2n) is 6.52. The molecule has 0 bridgehead atoms. The molecule has 0 N–H and O–H groups in total. The van der Waals surface area contributed by atoms with Gasteiger partial charge in [-0.2, -0.15) is 10.4 Å². The smallest absolute Gasteiger partial charge is 0.348 e. The number of hydrogen-bond acceptors (Lipinski definition) is 5. The predicted octanol–water partition coefficient (Wildman–Crippen LogP) is 4.08. The average molecular weight is 405 g/mol. The summed E-state index contributed by atoms with van der Waals surface area (Å²) in [4.78, 5) is 12.2. The van der Waals surface area contributed by atoms with E-state index in [0.717, 1.165) is 11.1 Å². The van der Waals surface area contributed by atoms with Gasteiger partial charge in [0.15, 0.2) is 0 Å². The largest absolute Gasteiger partial charge is 0.459 e. The summed E-state index contributed by atoms with van der Waals surface area (Å²) in [6, 6.07) is 15.5. The first-order valence-corrected chi connectivity index (χ1v) is 9.22. The van der Waals surface area contributed by atoms with Crippen LogP contribution < -0.4 is 0 Å². The number of ether oxygens (including phenoxy) is 2. The molecule has 6 nitrogen and oxygen atoms in total. The molecule has 1 aromatic heterocycles. The van der Waals surface area contributed by atoms with E-state index in [1.165, 1.54) is 25.3 Å². The number of esters is 1. The highest BCUT2D eigenvalue weighted by molar-refractivity contribution is 5.98. The van der Waals surface area contributed by atoms with Crippen molar-refractivity contribution in [2.45, 2.75) is 6.92 Å². The van der Waals surface area contributed by atoms with E-state index in [1.54, 1.807) is 23.0 Å². The quantitative estimate of drug-likeness (QED) is 0.256. The molecule has 0 aliphatic carbocycles. The Hall–Kier alpha value is -3.76. The molecule has 0 fully saturated rings. The third-order valence-corrected chi connectivity index (χ3v) is 4.32. The van der Waals surface area contributed by atoms with E-state index < -0.39 is 5.97 Å². The summed E-state index contributed by atoms with van der Waals surface area (Å²) in [5, 5.41) is 14.0. The third kappa shape index (κ3) is 4.99. The molecule has 7 heteroatoms. The van der Waals surface area contributed by atoms with Crippen LogP contribution in [-0.4, -0.2) is 36.1 Å². The van der Waals surface area contributed by atoms with Crippen LogP contribution in [0.4, 0.5) is 4.39 Å². The number of carbonyl (C=O) groups excluding carboxylic acids is 1. The van der Waals surface area contributed by atoms with E-state index in [4.69, 9.17) is 9.47 Å². The molecule has 0 saturated carbocycles. The first-order chi connectivity index (χ1) is 14.5. The van der Waals surface area contributed by atoms with Crippen molar-refractivity contribution < 1.29 is 18.7 Å². The van der Waals surface area contributed by atoms with Crippen LogP contribution in [0.15, 0.2) is 60.3 Å². The van der Waals surface area contributed by atoms with Gasteiger partial charge in [0.2, 0.25) is 0 Å². The van der Waals surface area contributed by atoms with Crippen LogP contribution in [0, 0.1) is 24.1 Å². The van der Waals surface area contributed by atoms with Crippen molar-refractivity contribution in [2.24, 2.45) is 0 Å². The second kappa shape index (κ2) is 9.63. The van der Waals surface area contributed by atoms with E-state index in [-0.39, 0.29) is 24.6 Å². The molecule has 0 aliphatic heterocycles. The van der Waals surface area contributed by atoms with Crippen molar-refractivity contribution in [3.8, 4) is 23.0 Å². The van der Waals surface area contributed by atoms with Crippen LogP contribution in [0.5, 0.6) is 0 Å². The number of nitriles is 1. The molecule has 3 rings (SSSR count). The number of carbonyl (C=O) groups is 1.